The highest BCUT2D eigenvalue weighted by Crippen LogP contribution is 2.23. The van der Waals surface area contributed by atoms with Crippen LogP contribution in [0.25, 0.3) is 6.08 Å². The van der Waals surface area contributed by atoms with Crippen LogP contribution < -0.4 is 20.3 Å². The van der Waals surface area contributed by atoms with E-state index in [0.29, 0.717) is 17.0 Å². The third-order valence-electron chi connectivity index (χ3n) is 4.80. The third-order valence-corrected chi connectivity index (χ3v) is 5.09. The van der Waals surface area contributed by atoms with Crippen LogP contribution in [0.4, 0.5) is 15.8 Å². The van der Waals surface area contributed by atoms with Crippen LogP contribution in [0.1, 0.15) is 5.56 Å². The molecule has 2 N–H and O–H groups in total. The van der Waals surface area contributed by atoms with Crippen molar-refractivity contribution in [2.45, 2.75) is 0 Å². The number of rotatable bonds is 6. The molecule has 1 aliphatic heterocycles. The van der Waals surface area contributed by atoms with Crippen molar-refractivity contribution in [3.05, 3.63) is 95.8 Å². The second-order valence-electron chi connectivity index (χ2n) is 7.18. The van der Waals surface area contributed by atoms with Gasteiger partial charge in [-0.15, -0.1) is 0 Å². The Bertz CT molecular complexity index is 1310. The normalized spacial score (nSPS) is 14.7. The van der Waals surface area contributed by atoms with Crippen molar-refractivity contribution < 1.29 is 23.5 Å². The highest BCUT2D eigenvalue weighted by molar-refractivity contribution is 7.80. The molecule has 170 valence electrons. The van der Waals surface area contributed by atoms with Crippen LogP contribution in [0.3, 0.4) is 0 Å². The molecule has 0 aliphatic carbocycles. The molecule has 0 bridgehead atoms. The van der Waals surface area contributed by atoms with Crippen molar-refractivity contribution in [3.8, 4) is 5.75 Å². The average Bonchev–Trinajstić information content (AvgIpc) is 2.83. The molecular formula is C25H18FN3O4S. The van der Waals surface area contributed by atoms with Crippen LogP contribution in [-0.4, -0.2) is 29.4 Å². The van der Waals surface area contributed by atoms with Gasteiger partial charge in [-0.05, 0) is 60.3 Å². The van der Waals surface area contributed by atoms with Gasteiger partial charge in [-0.25, -0.2) is 4.39 Å². The van der Waals surface area contributed by atoms with E-state index in [2.05, 4.69) is 10.6 Å². The van der Waals surface area contributed by atoms with Gasteiger partial charge in [-0.2, -0.15) is 0 Å². The number of hydrogen-bond donors (Lipinski definition) is 2. The van der Waals surface area contributed by atoms with Gasteiger partial charge in [0, 0.05) is 0 Å². The molecule has 1 heterocycles. The summed E-state index contributed by atoms with van der Waals surface area (Å²) in [6, 6.07) is 21.1. The molecule has 3 amide bonds. The van der Waals surface area contributed by atoms with E-state index in [1.165, 1.54) is 29.2 Å². The number of carbonyl (C=O) groups excluding carboxylic acids is 3. The van der Waals surface area contributed by atoms with Gasteiger partial charge in [0.2, 0.25) is 0 Å². The Balaban J connectivity index is 1.48. The van der Waals surface area contributed by atoms with Crippen molar-refractivity contribution in [1.29, 1.82) is 0 Å². The van der Waals surface area contributed by atoms with E-state index >= 15 is 0 Å². The quantitative estimate of drug-likeness (QED) is 0.323. The van der Waals surface area contributed by atoms with Crippen LogP contribution >= 0.6 is 12.2 Å². The predicted octanol–water partition coefficient (Wildman–Crippen LogP) is 3.67. The number of hydrogen-bond acceptors (Lipinski definition) is 5. The van der Waals surface area contributed by atoms with Crippen LogP contribution in [-0.2, 0) is 14.4 Å². The van der Waals surface area contributed by atoms with Crippen molar-refractivity contribution in [2.75, 3.05) is 16.8 Å². The van der Waals surface area contributed by atoms with Crippen molar-refractivity contribution in [3.63, 3.8) is 0 Å². The van der Waals surface area contributed by atoms with Gasteiger partial charge >= 0.3 is 0 Å². The molecule has 3 aromatic carbocycles. The fraction of sp³-hybridized carbons (Fsp3) is 0.0400. The number of amides is 3. The molecular weight excluding hydrogens is 457 g/mol. The van der Waals surface area contributed by atoms with Crippen molar-refractivity contribution in [2.24, 2.45) is 0 Å². The molecule has 0 aromatic heterocycles. The number of nitrogens with one attached hydrogen (secondary N) is 2. The number of carbonyl (C=O) groups is 3. The van der Waals surface area contributed by atoms with Crippen LogP contribution in [0, 0.1) is 5.82 Å². The Hall–Kier alpha value is -4.37. The van der Waals surface area contributed by atoms with Crippen LogP contribution in [0.2, 0.25) is 0 Å². The Morgan fingerprint density at radius 3 is 2.53 bits per heavy atom. The summed E-state index contributed by atoms with van der Waals surface area (Å²) >= 11 is 5.18. The van der Waals surface area contributed by atoms with E-state index in [9.17, 15) is 18.8 Å². The summed E-state index contributed by atoms with van der Waals surface area (Å²) in [6.45, 7) is -0.357. The molecule has 34 heavy (non-hydrogen) atoms. The first-order valence-electron chi connectivity index (χ1n) is 10.2. The lowest BCUT2D eigenvalue weighted by atomic mass is 10.1. The van der Waals surface area contributed by atoms with Gasteiger partial charge in [0.05, 0.1) is 11.4 Å². The molecule has 1 aliphatic rings. The van der Waals surface area contributed by atoms with Gasteiger partial charge in [-0.1, -0.05) is 42.5 Å². The Morgan fingerprint density at radius 1 is 1.03 bits per heavy atom. The molecule has 0 atom stereocenters. The Morgan fingerprint density at radius 2 is 1.76 bits per heavy atom. The van der Waals surface area contributed by atoms with E-state index in [-0.39, 0.29) is 23.0 Å². The van der Waals surface area contributed by atoms with E-state index in [4.69, 9.17) is 17.0 Å². The van der Waals surface area contributed by atoms with E-state index < -0.39 is 23.5 Å². The number of halogens is 1. The minimum absolute atomic E-state index is 0.00343. The number of anilines is 2. The summed E-state index contributed by atoms with van der Waals surface area (Å²) in [5, 5.41) is 4.95. The summed E-state index contributed by atoms with van der Waals surface area (Å²) in [5.41, 5.74) is 0.983. The summed E-state index contributed by atoms with van der Waals surface area (Å²) in [5.74, 6) is -1.93. The first-order chi connectivity index (χ1) is 16.4. The number of thiocarbonyl (C=S) groups is 1. The molecule has 0 unspecified atom stereocenters. The second-order valence-corrected chi connectivity index (χ2v) is 7.57. The summed E-state index contributed by atoms with van der Waals surface area (Å²) in [4.78, 5) is 38.9. The van der Waals surface area contributed by atoms with Gasteiger partial charge in [0.15, 0.2) is 11.7 Å². The molecule has 7 nitrogen and oxygen atoms in total. The zero-order valence-corrected chi connectivity index (χ0v) is 18.5. The lowest BCUT2D eigenvalue weighted by Crippen LogP contribution is -2.54. The topological polar surface area (TPSA) is 87.7 Å². The molecule has 1 saturated heterocycles. The standard InChI is InChI=1S/C25H18FN3O4S/c26-20-11-4-5-12-21(20)27-22(30)15-33-18-10-6-7-16(13-18)14-19-23(31)28-25(34)29(24(19)32)17-8-2-1-3-9-17/h1-14H,15H2,(H,27,30)(H,28,31,34)/b19-14-. The number of ether oxygens (including phenoxy) is 1. The predicted molar refractivity (Wildman–Crippen MR) is 130 cm³/mol. The molecule has 0 saturated carbocycles. The highest BCUT2D eigenvalue weighted by atomic mass is 32.1. The lowest BCUT2D eigenvalue weighted by Gasteiger charge is -2.28. The lowest BCUT2D eigenvalue weighted by molar-refractivity contribution is -0.122. The molecule has 3 aromatic rings. The minimum atomic E-state index is -0.613. The SMILES string of the molecule is O=C(COc1cccc(/C=C2/C(=O)NC(=S)N(c3ccccc3)C2=O)c1)Nc1ccccc1F. The Kier molecular flexibility index (Phi) is 6.74. The van der Waals surface area contributed by atoms with E-state index in [1.807, 2.05) is 0 Å². The largest absolute Gasteiger partial charge is 0.484 e. The van der Waals surface area contributed by atoms with Crippen LogP contribution in [0.5, 0.6) is 5.75 Å². The summed E-state index contributed by atoms with van der Waals surface area (Å²) in [7, 11) is 0. The summed E-state index contributed by atoms with van der Waals surface area (Å²) < 4.78 is 19.2. The Labute approximate surface area is 199 Å². The molecule has 0 spiro atoms. The third kappa shape index (κ3) is 5.16. The van der Waals surface area contributed by atoms with Gasteiger partial charge < -0.3 is 10.1 Å². The van der Waals surface area contributed by atoms with Crippen molar-refractivity contribution >= 4 is 52.5 Å². The average molecular weight is 476 g/mol. The molecule has 9 heteroatoms. The monoisotopic (exact) mass is 475 g/mol. The van der Waals surface area contributed by atoms with E-state index in [0.717, 1.165) is 0 Å². The fourth-order valence-electron chi connectivity index (χ4n) is 3.23. The smallest absolute Gasteiger partial charge is 0.270 e. The second kappa shape index (κ2) is 10.1. The number of para-hydroxylation sites is 2. The maximum atomic E-state index is 13.7. The van der Waals surface area contributed by atoms with Crippen molar-refractivity contribution in [1.82, 2.24) is 5.32 Å². The maximum Gasteiger partial charge on any atom is 0.270 e. The fourth-order valence-corrected chi connectivity index (χ4v) is 3.51. The van der Waals surface area contributed by atoms with Gasteiger partial charge in [0.1, 0.15) is 17.1 Å². The molecule has 4 rings (SSSR count). The summed E-state index contributed by atoms with van der Waals surface area (Å²) in [6.07, 6.45) is 1.42. The van der Waals surface area contributed by atoms with Gasteiger partial charge in [-0.3, -0.25) is 24.6 Å². The zero-order valence-electron chi connectivity index (χ0n) is 17.7. The minimum Gasteiger partial charge on any atom is -0.484 e. The number of nitrogens with zero attached hydrogens (tertiary/aromatic N) is 1. The van der Waals surface area contributed by atoms with Crippen LogP contribution in [0.15, 0.2) is 84.4 Å². The number of benzene rings is 3. The molecule has 0 radical (unpaired) electrons. The molecule has 1 fully saturated rings. The zero-order chi connectivity index (χ0) is 24.1. The van der Waals surface area contributed by atoms with E-state index in [1.54, 1.807) is 60.7 Å². The first kappa shape index (κ1) is 22.8. The first-order valence-corrected chi connectivity index (χ1v) is 10.6. The highest BCUT2D eigenvalue weighted by Gasteiger charge is 2.34. The van der Waals surface area contributed by atoms with Gasteiger partial charge in [0.25, 0.3) is 17.7 Å². The maximum absolute atomic E-state index is 13.7.